The highest BCUT2D eigenvalue weighted by Gasteiger charge is 2.31. The second kappa shape index (κ2) is 11.6. The summed E-state index contributed by atoms with van der Waals surface area (Å²) in [4.78, 5) is 39.2. The van der Waals surface area contributed by atoms with Crippen molar-refractivity contribution < 1.29 is 9.59 Å². The molecule has 2 fully saturated rings. The van der Waals surface area contributed by atoms with Gasteiger partial charge < -0.3 is 20.9 Å². The van der Waals surface area contributed by atoms with Crippen LogP contribution in [0, 0.1) is 5.92 Å². The Labute approximate surface area is 256 Å². The van der Waals surface area contributed by atoms with Crippen molar-refractivity contribution in [3.8, 4) is 11.3 Å². The zero-order chi connectivity index (χ0) is 30.2. The molecule has 1 saturated heterocycles. The Morgan fingerprint density at radius 2 is 1.89 bits per heavy atom. The Morgan fingerprint density at radius 1 is 1.00 bits per heavy atom. The van der Waals surface area contributed by atoms with Gasteiger partial charge in [-0.15, -0.1) is 10.2 Å². The van der Waals surface area contributed by atoms with Crippen LogP contribution in [0.3, 0.4) is 0 Å². The molecule has 224 valence electrons. The Balaban J connectivity index is 1.15. The molecule has 1 atom stereocenters. The maximum absolute atomic E-state index is 12.7. The molecule has 3 N–H and O–H groups in total. The average molecular weight is 590 g/mol. The summed E-state index contributed by atoms with van der Waals surface area (Å²) in [6, 6.07) is 16.1. The van der Waals surface area contributed by atoms with E-state index in [1.807, 2.05) is 36.7 Å². The van der Waals surface area contributed by atoms with E-state index in [0.29, 0.717) is 24.0 Å². The number of hydrogen-bond donors (Lipinski definition) is 3. The predicted octanol–water partition coefficient (Wildman–Crippen LogP) is 4.32. The van der Waals surface area contributed by atoms with E-state index in [4.69, 9.17) is 4.98 Å². The fourth-order valence-electron chi connectivity index (χ4n) is 6.22. The van der Waals surface area contributed by atoms with Crippen LogP contribution in [0.1, 0.15) is 52.5 Å². The third-order valence-electron chi connectivity index (χ3n) is 8.63. The lowest BCUT2D eigenvalue weighted by molar-refractivity contribution is -0.117. The summed E-state index contributed by atoms with van der Waals surface area (Å²) in [5.41, 5.74) is 7.93. The van der Waals surface area contributed by atoms with Crippen LogP contribution in [0.5, 0.6) is 0 Å². The van der Waals surface area contributed by atoms with Crippen LogP contribution in [0.2, 0.25) is 0 Å². The molecule has 2 aliphatic heterocycles. The minimum atomic E-state index is -0.372. The van der Waals surface area contributed by atoms with Gasteiger partial charge in [0.1, 0.15) is 0 Å². The Bertz CT molecular complexity index is 1720. The summed E-state index contributed by atoms with van der Waals surface area (Å²) in [5.74, 6) is 0.320. The van der Waals surface area contributed by atoms with Crippen LogP contribution in [0.25, 0.3) is 11.3 Å². The van der Waals surface area contributed by atoms with Gasteiger partial charge in [-0.25, -0.2) is 0 Å². The summed E-state index contributed by atoms with van der Waals surface area (Å²) in [6.07, 6.45) is 6.75. The van der Waals surface area contributed by atoms with Crippen molar-refractivity contribution in [2.75, 3.05) is 42.7 Å². The van der Waals surface area contributed by atoms with Crippen molar-refractivity contribution in [3.05, 3.63) is 83.4 Å². The second-order valence-electron chi connectivity index (χ2n) is 11.8. The first kappa shape index (κ1) is 27.9. The molecule has 0 bridgehead atoms. The molecule has 44 heavy (non-hydrogen) atoms. The molecule has 7 rings (SSSR count). The van der Waals surface area contributed by atoms with E-state index in [1.54, 1.807) is 13.1 Å². The molecule has 11 heteroatoms. The lowest BCUT2D eigenvalue weighted by Crippen LogP contribution is -2.25. The number of amides is 2. The molecule has 3 aliphatic rings. The van der Waals surface area contributed by atoms with Gasteiger partial charge in [0.15, 0.2) is 11.5 Å². The molecule has 11 nitrogen and oxygen atoms in total. The van der Waals surface area contributed by atoms with E-state index < -0.39 is 0 Å². The third-order valence-corrected chi connectivity index (χ3v) is 8.63. The molecule has 5 heterocycles. The highest BCUT2D eigenvalue weighted by atomic mass is 16.2. The molecule has 0 radical (unpaired) electrons. The second-order valence-corrected chi connectivity index (χ2v) is 11.8. The quantitative estimate of drug-likeness (QED) is 0.275. The third kappa shape index (κ3) is 5.58. The maximum Gasteiger partial charge on any atom is 0.273 e. The smallest absolute Gasteiger partial charge is 0.273 e. The van der Waals surface area contributed by atoms with Gasteiger partial charge in [0.25, 0.3) is 5.91 Å². The standard InChI is InChI=1S/C33H35N9O2/c1-34-33(44)30-27(15-28(39-40-30)38-32(43)20-9-10-20)37-26-8-5-7-25-29-23(17-41(2)31(25)26)14-22(16-36-29)21-11-13-42(18-21)19-24-6-3-4-12-35-24/h3-8,12,14-16,20-21H,9-11,13,17-19H2,1-2H3,(H,34,44)(H2,37,38,39,43). The number of likely N-dealkylation sites (tertiary alicyclic amines) is 1. The number of hydrogen-bond acceptors (Lipinski definition) is 9. The van der Waals surface area contributed by atoms with Crippen molar-refractivity contribution in [3.63, 3.8) is 0 Å². The van der Waals surface area contributed by atoms with Gasteiger partial charge in [-0.2, -0.15) is 0 Å². The Hall–Kier alpha value is -4.90. The van der Waals surface area contributed by atoms with Gasteiger partial charge in [0, 0.05) is 63.7 Å². The SMILES string of the molecule is CNC(=O)c1nnc(NC(=O)C2CC2)cc1Nc1cccc2c1N(C)Cc1cc(C3CCN(Cc4ccccn4)C3)cnc1-2. The summed E-state index contributed by atoms with van der Waals surface area (Å²) in [7, 11) is 3.62. The molecule has 1 unspecified atom stereocenters. The van der Waals surface area contributed by atoms with Gasteiger partial charge in [0.05, 0.1) is 28.5 Å². The first-order valence-corrected chi connectivity index (χ1v) is 15.1. The highest BCUT2D eigenvalue weighted by Crippen LogP contribution is 2.44. The highest BCUT2D eigenvalue weighted by molar-refractivity contribution is 6.01. The Morgan fingerprint density at radius 3 is 2.68 bits per heavy atom. The fraction of sp³-hybridized carbons (Fsp3) is 0.333. The Kier molecular flexibility index (Phi) is 7.39. The number of aromatic nitrogens is 4. The largest absolute Gasteiger partial charge is 0.368 e. The number of nitrogens with one attached hydrogen (secondary N) is 3. The number of pyridine rings is 2. The van der Waals surface area contributed by atoms with Gasteiger partial charge in [-0.05, 0) is 67.1 Å². The molecule has 1 saturated carbocycles. The van der Waals surface area contributed by atoms with E-state index in [0.717, 1.165) is 67.2 Å². The molecule has 3 aromatic heterocycles. The lowest BCUT2D eigenvalue weighted by Gasteiger charge is -2.32. The number of rotatable bonds is 8. The number of para-hydroxylation sites is 1. The molecule has 1 aromatic carbocycles. The fourth-order valence-corrected chi connectivity index (χ4v) is 6.22. The number of anilines is 4. The van der Waals surface area contributed by atoms with Crippen LogP contribution in [0.15, 0.2) is 60.9 Å². The molecular formula is C33H35N9O2. The van der Waals surface area contributed by atoms with Crippen LogP contribution < -0.4 is 20.9 Å². The van der Waals surface area contributed by atoms with Gasteiger partial charge >= 0.3 is 0 Å². The number of fused-ring (bicyclic) bond motifs is 3. The van der Waals surface area contributed by atoms with Gasteiger partial charge in [-0.1, -0.05) is 18.2 Å². The zero-order valence-corrected chi connectivity index (χ0v) is 24.9. The van der Waals surface area contributed by atoms with E-state index in [1.165, 1.54) is 11.1 Å². The monoisotopic (exact) mass is 589 g/mol. The normalized spacial score (nSPS) is 17.5. The predicted molar refractivity (Wildman–Crippen MR) is 169 cm³/mol. The minimum absolute atomic E-state index is 0.0221. The number of carbonyl (C=O) groups excluding carboxylic acids is 2. The van der Waals surface area contributed by atoms with E-state index in [9.17, 15) is 9.59 Å². The maximum atomic E-state index is 12.7. The number of benzene rings is 1. The van der Waals surface area contributed by atoms with Crippen LogP contribution in [0.4, 0.5) is 22.9 Å². The first-order valence-electron chi connectivity index (χ1n) is 15.1. The molecule has 0 spiro atoms. The van der Waals surface area contributed by atoms with Crippen LogP contribution >= 0.6 is 0 Å². The molecule has 1 aliphatic carbocycles. The zero-order valence-electron chi connectivity index (χ0n) is 24.9. The topological polar surface area (TPSA) is 128 Å². The van der Waals surface area contributed by atoms with E-state index in [-0.39, 0.29) is 23.4 Å². The van der Waals surface area contributed by atoms with Crippen molar-refractivity contribution in [2.45, 2.75) is 38.3 Å². The van der Waals surface area contributed by atoms with E-state index in [2.05, 4.69) is 66.2 Å². The lowest BCUT2D eigenvalue weighted by atomic mass is 9.93. The van der Waals surface area contributed by atoms with Gasteiger partial charge in [0.2, 0.25) is 5.91 Å². The molecule has 2 amide bonds. The van der Waals surface area contributed by atoms with Gasteiger partial charge in [-0.3, -0.25) is 24.5 Å². The van der Waals surface area contributed by atoms with Crippen molar-refractivity contribution in [1.29, 1.82) is 0 Å². The summed E-state index contributed by atoms with van der Waals surface area (Å²) >= 11 is 0. The summed E-state index contributed by atoms with van der Waals surface area (Å²) < 4.78 is 0. The number of carbonyl (C=O) groups is 2. The van der Waals surface area contributed by atoms with Crippen molar-refractivity contribution in [2.24, 2.45) is 5.92 Å². The minimum Gasteiger partial charge on any atom is -0.368 e. The van der Waals surface area contributed by atoms with Crippen LogP contribution in [-0.2, 0) is 17.9 Å². The summed E-state index contributed by atoms with van der Waals surface area (Å²) in [6.45, 7) is 3.61. The first-order chi connectivity index (χ1) is 21.5. The van der Waals surface area contributed by atoms with Crippen molar-refractivity contribution in [1.82, 2.24) is 30.4 Å². The van der Waals surface area contributed by atoms with Crippen LogP contribution in [-0.4, -0.2) is 64.1 Å². The van der Waals surface area contributed by atoms with E-state index >= 15 is 0 Å². The molecular weight excluding hydrogens is 554 g/mol. The number of nitrogens with zero attached hydrogens (tertiary/aromatic N) is 6. The van der Waals surface area contributed by atoms with Crippen molar-refractivity contribution >= 4 is 34.7 Å². The average Bonchev–Trinajstić information content (AvgIpc) is 3.80. The summed E-state index contributed by atoms with van der Waals surface area (Å²) in [5, 5.41) is 17.1. The molecule has 4 aromatic rings.